The summed E-state index contributed by atoms with van der Waals surface area (Å²) in [7, 11) is 2.13. The molecule has 0 saturated heterocycles. The van der Waals surface area contributed by atoms with Gasteiger partial charge in [0.1, 0.15) is 0 Å². The van der Waals surface area contributed by atoms with Crippen molar-refractivity contribution in [1.29, 1.82) is 0 Å². The molecule has 5 heteroatoms. The zero-order valence-corrected chi connectivity index (χ0v) is 16.4. The Hall–Kier alpha value is -2.79. The van der Waals surface area contributed by atoms with Crippen LogP contribution in [0.4, 0.5) is 5.69 Å². The van der Waals surface area contributed by atoms with Gasteiger partial charge in [-0.25, -0.2) is 0 Å². The highest BCUT2D eigenvalue weighted by Crippen LogP contribution is 2.43. The maximum Gasteiger partial charge on any atom is 0.261 e. The van der Waals surface area contributed by atoms with Crippen LogP contribution in [0.15, 0.2) is 77.2 Å². The molecule has 28 heavy (non-hydrogen) atoms. The average molecular weight is 388 g/mol. The molecule has 0 N–H and O–H groups in total. The molecule has 2 amide bonds. The second kappa shape index (κ2) is 6.67. The number of benzene rings is 2. The summed E-state index contributed by atoms with van der Waals surface area (Å²) in [5.41, 5.74) is 3.45. The lowest BCUT2D eigenvalue weighted by atomic mass is 9.98. The maximum absolute atomic E-state index is 12.6. The number of imide groups is 1. The number of rotatable bonds is 3. The van der Waals surface area contributed by atoms with Gasteiger partial charge in [0.25, 0.3) is 11.8 Å². The Morgan fingerprint density at radius 3 is 2.39 bits per heavy atom. The lowest BCUT2D eigenvalue weighted by molar-refractivity contribution is 0.0656. The van der Waals surface area contributed by atoms with Crippen LogP contribution in [-0.4, -0.2) is 41.6 Å². The zero-order valence-electron chi connectivity index (χ0n) is 15.5. The quantitative estimate of drug-likeness (QED) is 0.741. The van der Waals surface area contributed by atoms with E-state index in [1.54, 1.807) is 24.3 Å². The Morgan fingerprint density at radius 1 is 0.964 bits per heavy atom. The monoisotopic (exact) mass is 388 g/mol. The molecule has 0 unspecified atom stereocenters. The van der Waals surface area contributed by atoms with Crippen LogP contribution >= 0.6 is 11.8 Å². The van der Waals surface area contributed by atoms with Gasteiger partial charge in [0, 0.05) is 18.5 Å². The fraction of sp³-hybridized carbons (Fsp3) is 0.217. The maximum atomic E-state index is 12.6. The molecular formula is C23H20N2O2S. The number of hydrogen-bond acceptors (Lipinski definition) is 4. The first kappa shape index (κ1) is 17.3. The second-order valence-corrected chi connectivity index (χ2v) is 8.53. The van der Waals surface area contributed by atoms with Gasteiger partial charge in [-0.2, -0.15) is 0 Å². The van der Waals surface area contributed by atoms with Gasteiger partial charge in [-0.3, -0.25) is 14.5 Å². The van der Waals surface area contributed by atoms with E-state index < -0.39 is 0 Å². The summed E-state index contributed by atoms with van der Waals surface area (Å²) in [5.74, 6) is -0.365. The minimum absolute atomic E-state index is 0.182. The molecule has 2 aliphatic heterocycles. The molecule has 3 aliphatic rings. The molecule has 1 aliphatic carbocycles. The molecule has 2 aromatic rings. The van der Waals surface area contributed by atoms with Crippen LogP contribution in [0.25, 0.3) is 0 Å². The number of likely N-dealkylation sites (N-methyl/N-ethyl adjacent to an activating group) is 1. The van der Waals surface area contributed by atoms with E-state index in [2.05, 4.69) is 54.4 Å². The fourth-order valence-electron chi connectivity index (χ4n) is 4.15. The third kappa shape index (κ3) is 2.69. The SMILES string of the molecule is CN1c2ccccc2S[C@@H]2C=CC(CCN3C(=O)c4ccccc4C3=O)=C[C@H]21. The number of amides is 2. The van der Waals surface area contributed by atoms with Crippen LogP contribution in [0, 0.1) is 0 Å². The van der Waals surface area contributed by atoms with Crippen LogP contribution in [0.3, 0.4) is 0 Å². The molecule has 5 rings (SSSR count). The number of carbonyl (C=O) groups is 2. The third-order valence-corrected chi connectivity index (χ3v) is 6.99. The molecule has 2 atom stereocenters. The Balaban J connectivity index is 1.32. The van der Waals surface area contributed by atoms with E-state index in [1.165, 1.54) is 21.1 Å². The molecule has 140 valence electrons. The number of anilines is 1. The van der Waals surface area contributed by atoms with E-state index in [-0.39, 0.29) is 17.9 Å². The van der Waals surface area contributed by atoms with Gasteiger partial charge in [0.15, 0.2) is 0 Å². The van der Waals surface area contributed by atoms with E-state index in [0.717, 1.165) is 0 Å². The first-order valence-corrected chi connectivity index (χ1v) is 10.3. The zero-order chi connectivity index (χ0) is 19.3. The highest BCUT2D eigenvalue weighted by Gasteiger charge is 2.35. The van der Waals surface area contributed by atoms with Gasteiger partial charge in [-0.15, -0.1) is 11.8 Å². The van der Waals surface area contributed by atoms with Crippen molar-refractivity contribution < 1.29 is 9.59 Å². The standard InChI is InChI=1S/C23H20N2O2S/c1-24-18-8-4-5-9-20(18)28-21-11-10-15(14-19(21)24)12-13-25-22(26)16-6-2-3-7-17(16)23(25)27/h2-11,14,19,21H,12-13H2,1H3/t19-,21-/m1/s1. The van der Waals surface area contributed by atoms with E-state index in [0.29, 0.717) is 29.3 Å². The number of hydrogen-bond donors (Lipinski definition) is 0. The predicted octanol–water partition coefficient (Wildman–Crippen LogP) is 4.15. The van der Waals surface area contributed by atoms with Crippen molar-refractivity contribution in [3.8, 4) is 0 Å². The molecule has 0 aromatic heterocycles. The normalized spacial score (nSPS) is 22.7. The lowest BCUT2D eigenvalue weighted by Gasteiger charge is -2.40. The fourth-order valence-corrected chi connectivity index (χ4v) is 5.49. The van der Waals surface area contributed by atoms with Crippen molar-refractivity contribution in [3.63, 3.8) is 0 Å². The largest absolute Gasteiger partial charge is 0.366 e. The van der Waals surface area contributed by atoms with Gasteiger partial charge >= 0.3 is 0 Å². The first-order valence-electron chi connectivity index (χ1n) is 9.46. The van der Waals surface area contributed by atoms with Gasteiger partial charge < -0.3 is 4.90 Å². The number of para-hydroxylation sites is 1. The molecule has 2 heterocycles. The molecular weight excluding hydrogens is 368 g/mol. The molecule has 0 saturated carbocycles. The van der Waals surface area contributed by atoms with E-state index in [1.807, 2.05) is 11.8 Å². The number of fused-ring (bicyclic) bond motifs is 3. The van der Waals surface area contributed by atoms with Crippen molar-refractivity contribution >= 4 is 29.3 Å². The van der Waals surface area contributed by atoms with Crippen LogP contribution in [-0.2, 0) is 0 Å². The topological polar surface area (TPSA) is 40.6 Å². The van der Waals surface area contributed by atoms with E-state index >= 15 is 0 Å². The summed E-state index contributed by atoms with van der Waals surface area (Å²) in [6.07, 6.45) is 7.35. The Morgan fingerprint density at radius 2 is 1.64 bits per heavy atom. The first-order chi connectivity index (χ1) is 13.6. The molecule has 2 aromatic carbocycles. The summed E-state index contributed by atoms with van der Waals surface area (Å²) in [6, 6.07) is 15.8. The van der Waals surface area contributed by atoms with Crippen LogP contribution in [0.5, 0.6) is 0 Å². The van der Waals surface area contributed by atoms with E-state index in [4.69, 9.17) is 0 Å². The van der Waals surface area contributed by atoms with Crippen LogP contribution < -0.4 is 4.90 Å². The lowest BCUT2D eigenvalue weighted by Crippen LogP contribution is -2.42. The summed E-state index contributed by atoms with van der Waals surface area (Å²) in [6.45, 7) is 0.410. The molecule has 0 spiro atoms. The number of carbonyl (C=O) groups excluding carboxylic acids is 2. The Labute approximate surface area is 168 Å². The van der Waals surface area contributed by atoms with Crippen LogP contribution in [0.2, 0.25) is 0 Å². The number of thioether (sulfide) groups is 1. The highest BCUT2D eigenvalue weighted by molar-refractivity contribution is 8.00. The van der Waals surface area contributed by atoms with Gasteiger partial charge in [-0.05, 0) is 36.3 Å². The van der Waals surface area contributed by atoms with Crippen molar-refractivity contribution in [1.82, 2.24) is 4.90 Å². The van der Waals surface area contributed by atoms with Gasteiger partial charge in [0.2, 0.25) is 0 Å². The minimum Gasteiger partial charge on any atom is -0.366 e. The summed E-state index contributed by atoms with van der Waals surface area (Å²) < 4.78 is 0. The Kier molecular flexibility index (Phi) is 4.13. The van der Waals surface area contributed by atoms with Crippen molar-refractivity contribution in [2.75, 3.05) is 18.5 Å². The highest BCUT2D eigenvalue weighted by atomic mass is 32.2. The number of nitrogens with zero attached hydrogens (tertiary/aromatic N) is 2. The number of allylic oxidation sites excluding steroid dienone is 1. The molecule has 0 bridgehead atoms. The van der Waals surface area contributed by atoms with Gasteiger partial charge in [-0.1, -0.05) is 42.5 Å². The van der Waals surface area contributed by atoms with E-state index in [9.17, 15) is 9.59 Å². The van der Waals surface area contributed by atoms with Crippen LogP contribution in [0.1, 0.15) is 27.1 Å². The Bertz CT molecular complexity index is 1010. The van der Waals surface area contributed by atoms with Crippen molar-refractivity contribution in [2.45, 2.75) is 22.6 Å². The summed E-state index contributed by atoms with van der Waals surface area (Å²) in [5, 5.41) is 0.378. The molecule has 0 radical (unpaired) electrons. The molecule has 4 nitrogen and oxygen atoms in total. The summed E-state index contributed by atoms with van der Waals surface area (Å²) >= 11 is 1.89. The van der Waals surface area contributed by atoms with Crippen molar-refractivity contribution in [2.24, 2.45) is 0 Å². The average Bonchev–Trinajstić information content (AvgIpc) is 2.97. The summed E-state index contributed by atoms with van der Waals surface area (Å²) in [4.78, 5) is 30.1. The predicted molar refractivity (Wildman–Crippen MR) is 112 cm³/mol. The van der Waals surface area contributed by atoms with Gasteiger partial charge in [0.05, 0.1) is 28.1 Å². The third-order valence-electron chi connectivity index (χ3n) is 5.68. The second-order valence-electron chi connectivity index (χ2n) is 7.31. The molecule has 0 fully saturated rings. The van der Waals surface area contributed by atoms with Crippen molar-refractivity contribution in [3.05, 3.63) is 83.5 Å². The minimum atomic E-state index is -0.182. The smallest absolute Gasteiger partial charge is 0.261 e.